The number of carbonyl (C=O) groups excluding carboxylic acids is 1. The molecule has 0 aliphatic rings. The van der Waals surface area contributed by atoms with E-state index in [1.807, 2.05) is 0 Å². The fraction of sp³-hybridized carbons (Fsp3) is 0.400. The van der Waals surface area contributed by atoms with Crippen molar-refractivity contribution in [2.75, 3.05) is 14.1 Å². The third-order valence-electron chi connectivity index (χ3n) is 2.74. The molecule has 0 spiro atoms. The predicted molar refractivity (Wildman–Crippen MR) is 63.1 cm³/mol. The fourth-order valence-electron chi connectivity index (χ4n) is 1.75. The van der Waals surface area contributed by atoms with Crippen molar-refractivity contribution in [3.05, 3.63) is 20.8 Å². The molecule has 0 aliphatic carbocycles. The van der Waals surface area contributed by atoms with E-state index in [2.05, 4.69) is 9.97 Å². The number of quaternary nitrogens is 1. The Kier molecular flexibility index (Phi) is 2.98. The van der Waals surface area contributed by atoms with E-state index in [1.165, 1.54) is 7.05 Å². The minimum atomic E-state index is -1.50. The van der Waals surface area contributed by atoms with Crippen LogP contribution in [0.5, 0.6) is 0 Å². The van der Waals surface area contributed by atoms with Crippen molar-refractivity contribution in [1.82, 2.24) is 19.1 Å². The Morgan fingerprint density at radius 2 is 2.05 bits per heavy atom. The highest BCUT2D eigenvalue weighted by atomic mass is 16.4. The van der Waals surface area contributed by atoms with Crippen molar-refractivity contribution in [2.45, 2.75) is 6.54 Å². The van der Waals surface area contributed by atoms with E-state index in [1.54, 1.807) is 14.1 Å². The lowest BCUT2D eigenvalue weighted by Crippen LogP contribution is -3.00. The second kappa shape index (κ2) is 4.35. The van der Waals surface area contributed by atoms with Gasteiger partial charge in [0.15, 0.2) is 11.2 Å². The lowest BCUT2D eigenvalue weighted by molar-refractivity contribution is -0.791. The summed E-state index contributed by atoms with van der Waals surface area (Å²) in [5.41, 5.74) is -1.17. The Morgan fingerprint density at radius 1 is 1.42 bits per heavy atom. The molecule has 0 bridgehead atoms. The number of hydrogen-bond acceptors (Lipinski definition) is 5. The van der Waals surface area contributed by atoms with Crippen LogP contribution >= 0.6 is 0 Å². The predicted octanol–water partition coefficient (Wildman–Crippen LogP) is -4.05. The van der Waals surface area contributed by atoms with Crippen LogP contribution in [-0.4, -0.2) is 39.2 Å². The molecule has 0 radical (unpaired) electrons. The first-order chi connectivity index (χ1) is 8.82. The number of aromatic amines is 1. The molecule has 2 heterocycles. The standard InChI is InChI=1S/C10H13N5O4/c1-13(2)9-11-6-7(12-9)14(3)10(19)15(8(6)18)4-5(16)17/h4H2,1-3H3,(H,11,12)(H,16,17). The molecule has 0 saturated heterocycles. The second-order valence-corrected chi connectivity index (χ2v) is 4.39. The summed E-state index contributed by atoms with van der Waals surface area (Å²) < 4.78 is 1.73. The minimum absolute atomic E-state index is 0.0968. The first-order valence-corrected chi connectivity index (χ1v) is 5.53. The zero-order valence-electron chi connectivity index (χ0n) is 10.7. The zero-order chi connectivity index (χ0) is 14.3. The summed E-state index contributed by atoms with van der Waals surface area (Å²) in [5, 5.41) is 10.6. The number of carboxylic acid groups (broad SMARTS) is 1. The number of aliphatic carboxylic acids is 1. The van der Waals surface area contributed by atoms with E-state index < -0.39 is 23.8 Å². The summed E-state index contributed by atoms with van der Waals surface area (Å²) in [7, 11) is 5.02. The molecule has 0 unspecified atom stereocenters. The first kappa shape index (κ1) is 13.0. The van der Waals surface area contributed by atoms with Crippen LogP contribution in [0.2, 0.25) is 0 Å². The van der Waals surface area contributed by atoms with Crippen LogP contribution in [0.1, 0.15) is 0 Å². The van der Waals surface area contributed by atoms with Crippen LogP contribution in [-0.2, 0) is 18.4 Å². The number of hydrogen-bond donors (Lipinski definition) is 2. The van der Waals surface area contributed by atoms with Crippen molar-refractivity contribution >= 4 is 23.1 Å². The summed E-state index contributed by atoms with van der Waals surface area (Å²) in [6.07, 6.45) is 0. The maximum Gasteiger partial charge on any atom is 0.332 e. The topological polar surface area (TPSA) is 117 Å². The normalized spacial score (nSPS) is 11.4. The molecule has 0 atom stereocenters. The van der Waals surface area contributed by atoms with Crippen LogP contribution in [0, 0.1) is 0 Å². The Labute approximate surface area is 106 Å². The monoisotopic (exact) mass is 267 g/mol. The number of carbonyl (C=O) groups is 1. The second-order valence-electron chi connectivity index (χ2n) is 4.39. The molecule has 0 fully saturated rings. The maximum absolute atomic E-state index is 12.1. The number of nitrogens with one attached hydrogen (secondary N) is 2. The average molecular weight is 267 g/mol. The van der Waals surface area contributed by atoms with Gasteiger partial charge in [-0.15, -0.1) is 0 Å². The van der Waals surface area contributed by atoms with Crippen molar-refractivity contribution in [1.29, 1.82) is 0 Å². The number of aryl methyl sites for hydroxylation is 1. The maximum atomic E-state index is 12.1. The number of H-pyrrole nitrogens is 1. The Bertz CT molecular complexity index is 767. The molecule has 2 N–H and O–H groups in total. The van der Waals surface area contributed by atoms with Gasteiger partial charge in [-0.1, -0.05) is 0 Å². The van der Waals surface area contributed by atoms with Crippen molar-refractivity contribution < 1.29 is 14.8 Å². The SMILES string of the molecule is Cn1c(=O)n(CC(=O)[O-])c(=O)c2[nH]c([NH+](C)C)nc21. The largest absolute Gasteiger partial charge is 0.548 e. The third-order valence-corrected chi connectivity index (χ3v) is 2.74. The molecule has 9 heteroatoms. The van der Waals surface area contributed by atoms with Gasteiger partial charge in [-0.2, -0.15) is 4.98 Å². The van der Waals surface area contributed by atoms with Crippen molar-refractivity contribution in [3.63, 3.8) is 0 Å². The number of nitrogens with zero attached hydrogens (tertiary/aromatic N) is 3. The highest BCUT2D eigenvalue weighted by molar-refractivity contribution is 5.72. The fourth-order valence-corrected chi connectivity index (χ4v) is 1.75. The van der Waals surface area contributed by atoms with Gasteiger partial charge in [0.1, 0.15) is 0 Å². The molecular weight excluding hydrogens is 254 g/mol. The number of aromatic nitrogens is 4. The van der Waals surface area contributed by atoms with Gasteiger partial charge in [-0.25, -0.2) is 4.79 Å². The van der Waals surface area contributed by atoms with E-state index in [0.29, 0.717) is 10.5 Å². The lowest BCUT2D eigenvalue weighted by Gasteiger charge is -2.07. The smallest absolute Gasteiger partial charge is 0.332 e. The molecule has 0 aliphatic heterocycles. The molecule has 0 saturated carbocycles. The highest BCUT2D eigenvalue weighted by Gasteiger charge is 2.17. The third kappa shape index (κ3) is 2.03. The van der Waals surface area contributed by atoms with Gasteiger partial charge in [-0.05, 0) is 0 Å². The Balaban J connectivity index is 2.84. The Morgan fingerprint density at radius 3 is 2.58 bits per heavy atom. The molecule has 9 nitrogen and oxygen atoms in total. The van der Waals surface area contributed by atoms with Gasteiger partial charge in [0, 0.05) is 7.05 Å². The van der Waals surface area contributed by atoms with Gasteiger partial charge in [0.05, 0.1) is 26.6 Å². The van der Waals surface area contributed by atoms with Crippen LogP contribution in [0.4, 0.5) is 5.95 Å². The summed E-state index contributed by atoms with van der Waals surface area (Å²) >= 11 is 0. The summed E-state index contributed by atoms with van der Waals surface area (Å²) in [5.74, 6) is -1.02. The lowest BCUT2D eigenvalue weighted by atomic mass is 10.5. The molecule has 0 amide bonds. The van der Waals surface area contributed by atoms with E-state index in [4.69, 9.17) is 0 Å². The van der Waals surface area contributed by atoms with Gasteiger partial charge < -0.3 is 9.90 Å². The molecule has 2 aromatic rings. The molecule has 102 valence electrons. The van der Waals surface area contributed by atoms with Gasteiger partial charge in [0.2, 0.25) is 0 Å². The van der Waals surface area contributed by atoms with E-state index in [9.17, 15) is 19.5 Å². The first-order valence-electron chi connectivity index (χ1n) is 5.53. The average Bonchev–Trinajstić information content (AvgIpc) is 2.77. The van der Waals surface area contributed by atoms with E-state index in [0.717, 1.165) is 9.47 Å². The number of fused-ring (bicyclic) bond motifs is 1. The number of imidazole rings is 1. The molecular formula is C10H13N5O4. The number of carboxylic acids is 1. The summed E-state index contributed by atoms with van der Waals surface area (Å²) in [4.78, 5) is 42.3. The van der Waals surface area contributed by atoms with Crippen LogP contribution in [0.3, 0.4) is 0 Å². The van der Waals surface area contributed by atoms with Gasteiger partial charge >= 0.3 is 11.6 Å². The summed E-state index contributed by atoms with van der Waals surface area (Å²) in [6.45, 7) is -0.787. The molecule has 0 aromatic carbocycles. The van der Waals surface area contributed by atoms with E-state index in [-0.39, 0.29) is 11.2 Å². The minimum Gasteiger partial charge on any atom is -0.548 e. The van der Waals surface area contributed by atoms with Crippen molar-refractivity contribution in [3.8, 4) is 0 Å². The van der Waals surface area contributed by atoms with Gasteiger partial charge in [-0.3, -0.25) is 23.8 Å². The number of rotatable bonds is 3. The highest BCUT2D eigenvalue weighted by Crippen LogP contribution is 2.04. The van der Waals surface area contributed by atoms with Crippen LogP contribution in [0.15, 0.2) is 9.59 Å². The molecule has 2 aromatic heterocycles. The molecule has 2 rings (SSSR count). The van der Waals surface area contributed by atoms with Crippen LogP contribution in [0.25, 0.3) is 11.2 Å². The zero-order valence-corrected chi connectivity index (χ0v) is 10.7. The summed E-state index contributed by atoms with van der Waals surface area (Å²) in [6, 6.07) is 0. The van der Waals surface area contributed by atoms with Gasteiger partial charge in [0.25, 0.3) is 5.56 Å². The van der Waals surface area contributed by atoms with E-state index >= 15 is 0 Å². The molecule has 19 heavy (non-hydrogen) atoms. The van der Waals surface area contributed by atoms with Crippen molar-refractivity contribution in [2.24, 2.45) is 7.05 Å². The Hall–Kier alpha value is -2.42. The van der Waals surface area contributed by atoms with Crippen LogP contribution < -0.4 is 21.3 Å². The quantitative estimate of drug-likeness (QED) is 0.587.